The van der Waals surface area contributed by atoms with Crippen LogP contribution in [-0.4, -0.2) is 22.9 Å². The molecule has 0 aliphatic rings. The maximum Gasteiger partial charge on any atom is 0.0773 e. The molecule has 0 saturated carbocycles. The van der Waals surface area contributed by atoms with Crippen LogP contribution in [0, 0.1) is 0 Å². The van der Waals surface area contributed by atoms with E-state index in [1.807, 2.05) is 0 Å². The first-order valence-corrected chi connectivity index (χ1v) is 2.71. The fraction of sp³-hybridized carbons (Fsp3) is 0.667. The van der Waals surface area contributed by atoms with Gasteiger partial charge < -0.3 is 10.2 Å². The number of aliphatic hydroxyl groups excluding tert-OH is 2. The summed E-state index contributed by atoms with van der Waals surface area (Å²) in [6.45, 7) is 3.33. The van der Waals surface area contributed by atoms with E-state index in [4.69, 9.17) is 10.2 Å². The van der Waals surface area contributed by atoms with Gasteiger partial charge in [-0.2, -0.15) is 0 Å². The second-order valence-corrected chi connectivity index (χ2v) is 1.70. The molecule has 0 aromatic heterocycles. The van der Waals surface area contributed by atoms with Crippen molar-refractivity contribution in [1.29, 1.82) is 0 Å². The number of hydrogen-bond acceptors (Lipinski definition) is 2. The third-order valence-electron chi connectivity index (χ3n) is 0.915. The molecule has 0 heterocycles. The Labute approximate surface area is 49.5 Å². The second kappa shape index (κ2) is 4.81. The third kappa shape index (κ3) is 3.84. The van der Waals surface area contributed by atoms with E-state index < -0.39 is 6.10 Å². The number of allylic oxidation sites excluding steroid dienone is 1. The Hall–Kier alpha value is -0.340. The summed E-state index contributed by atoms with van der Waals surface area (Å²) in [6, 6.07) is 0. The van der Waals surface area contributed by atoms with Gasteiger partial charge in [-0.05, 0) is 12.8 Å². The summed E-state index contributed by atoms with van der Waals surface area (Å²) < 4.78 is 0. The molecule has 0 radical (unpaired) electrons. The molecule has 2 N–H and O–H groups in total. The second-order valence-electron chi connectivity index (χ2n) is 1.70. The van der Waals surface area contributed by atoms with Crippen molar-refractivity contribution in [2.75, 3.05) is 6.61 Å². The summed E-state index contributed by atoms with van der Waals surface area (Å²) in [5, 5.41) is 17.0. The van der Waals surface area contributed by atoms with Crippen LogP contribution in [-0.2, 0) is 0 Å². The van der Waals surface area contributed by atoms with Gasteiger partial charge in [-0.1, -0.05) is 6.08 Å². The van der Waals surface area contributed by atoms with Gasteiger partial charge in [-0.15, -0.1) is 6.58 Å². The first-order valence-electron chi connectivity index (χ1n) is 2.71. The summed E-state index contributed by atoms with van der Waals surface area (Å²) in [5.74, 6) is 0. The Balaban J connectivity index is 2.97. The molecule has 0 aliphatic carbocycles. The Morgan fingerprint density at radius 3 is 2.62 bits per heavy atom. The van der Waals surface area contributed by atoms with E-state index in [-0.39, 0.29) is 6.61 Å². The lowest BCUT2D eigenvalue weighted by Gasteiger charge is -2.01. The van der Waals surface area contributed by atoms with E-state index in [0.717, 1.165) is 6.42 Å². The van der Waals surface area contributed by atoms with Crippen LogP contribution in [0.25, 0.3) is 0 Å². The van der Waals surface area contributed by atoms with Gasteiger partial charge in [-0.25, -0.2) is 0 Å². The van der Waals surface area contributed by atoms with Crippen LogP contribution in [0.4, 0.5) is 0 Å². The molecule has 0 saturated heterocycles. The molecule has 1 atom stereocenters. The summed E-state index contributed by atoms with van der Waals surface area (Å²) in [7, 11) is 0. The van der Waals surface area contributed by atoms with Crippen molar-refractivity contribution in [3.8, 4) is 0 Å². The molecule has 0 spiro atoms. The van der Waals surface area contributed by atoms with E-state index in [0.29, 0.717) is 6.42 Å². The molecule has 2 nitrogen and oxygen atoms in total. The highest BCUT2D eigenvalue weighted by Crippen LogP contribution is 1.94. The van der Waals surface area contributed by atoms with Crippen LogP contribution in [0.5, 0.6) is 0 Å². The minimum absolute atomic E-state index is 0.145. The Bertz CT molecular complexity index is 61.5. The standard InChI is InChI=1S/C6H12O2/c1-2-3-4-6(8)5-7/h2,6-8H,1,3-5H2. The summed E-state index contributed by atoms with van der Waals surface area (Å²) in [6.07, 6.45) is 2.54. The number of hydrogen-bond donors (Lipinski definition) is 2. The lowest BCUT2D eigenvalue weighted by molar-refractivity contribution is 0.0891. The van der Waals surface area contributed by atoms with E-state index in [1.54, 1.807) is 6.08 Å². The van der Waals surface area contributed by atoms with Gasteiger partial charge >= 0.3 is 0 Å². The first-order chi connectivity index (χ1) is 3.81. The highest BCUT2D eigenvalue weighted by atomic mass is 16.3. The Kier molecular flexibility index (Phi) is 4.61. The molecule has 0 rings (SSSR count). The highest BCUT2D eigenvalue weighted by Gasteiger charge is 1.96. The zero-order valence-corrected chi connectivity index (χ0v) is 4.88. The van der Waals surface area contributed by atoms with Crippen molar-refractivity contribution >= 4 is 0 Å². The molecule has 0 bridgehead atoms. The van der Waals surface area contributed by atoms with Gasteiger partial charge in [0.1, 0.15) is 0 Å². The molecule has 8 heavy (non-hydrogen) atoms. The SMILES string of the molecule is C=CCCC(O)CO. The van der Waals surface area contributed by atoms with Crippen molar-refractivity contribution in [2.24, 2.45) is 0 Å². The molecule has 2 heteroatoms. The average Bonchev–Trinajstić information content (AvgIpc) is 1.83. The summed E-state index contributed by atoms with van der Waals surface area (Å²) in [5.41, 5.74) is 0. The molecule has 0 fully saturated rings. The van der Waals surface area contributed by atoms with Gasteiger partial charge in [0, 0.05) is 0 Å². The topological polar surface area (TPSA) is 40.5 Å². The van der Waals surface area contributed by atoms with E-state index in [9.17, 15) is 0 Å². The van der Waals surface area contributed by atoms with E-state index >= 15 is 0 Å². The quantitative estimate of drug-likeness (QED) is 0.519. The normalized spacial score (nSPS) is 13.2. The summed E-state index contributed by atoms with van der Waals surface area (Å²) in [4.78, 5) is 0. The van der Waals surface area contributed by atoms with Crippen molar-refractivity contribution in [2.45, 2.75) is 18.9 Å². The predicted octanol–water partition coefficient (Wildman–Crippen LogP) is 0.306. The number of rotatable bonds is 4. The fourth-order valence-electron chi connectivity index (χ4n) is 0.402. The van der Waals surface area contributed by atoms with Crippen LogP contribution in [0.2, 0.25) is 0 Å². The first kappa shape index (κ1) is 7.66. The molecule has 0 aliphatic heterocycles. The van der Waals surface area contributed by atoms with Crippen LogP contribution in [0.15, 0.2) is 12.7 Å². The van der Waals surface area contributed by atoms with Crippen molar-refractivity contribution < 1.29 is 10.2 Å². The van der Waals surface area contributed by atoms with Crippen LogP contribution >= 0.6 is 0 Å². The molecular formula is C6H12O2. The molecular weight excluding hydrogens is 104 g/mol. The minimum Gasteiger partial charge on any atom is -0.394 e. The maximum atomic E-state index is 8.69. The van der Waals surface area contributed by atoms with Crippen molar-refractivity contribution in [3.63, 3.8) is 0 Å². The summed E-state index contributed by atoms with van der Waals surface area (Å²) >= 11 is 0. The zero-order valence-electron chi connectivity index (χ0n) is 4.88. The van der Waals surface area contributed by atoms with Crippen LogP contribution in [0.1, 0.15) is 12.8 Å². The zero-order chi connectivity index (χ0) is 6.41. The average molecular weight is 116 g/mol. The fourth-order valence-corrected chi connectivity index (χ4v) is 0.402. The van der Waals surface area contributed by atoms with Gasteiger partial charge in [-0.3, -0.25) is 0 Å². The molecule has 0 aromatic rings. The van der Waals surface area contributed by atoms with Gasteiger partial charge in [0.15, 0.2) is 0 Å². The van der Waals surface area contributed by atoms with Crippen LogP contribution in [0.3, 0.4) is 0 Å². The largest absolute Gasteiger partial charge is 0.394 e. The molecule has 0 amide bonds. The maximum absolute atomic E-state index is 8.69. The third-order valence-corrected chi connectivity index (χ3v) is 0.915. The smallest absolute Gasteiger partial charge is 0.0773 e. The molecule has 48 valence electrons. The van der Waals surface area contributed by atoms with E-state index in [1.165, 1.54) is 0 Å². The monoisotopic (exact) mass is 116 g/mol. The van der Waals surface area contributed by atoms with Crippen molar-refractivity contribution in [3.05, 3.63) is 12.7 Å². The highest BCUT2D eigenvalue weighted by molar-refractivity contribution is 4.68. The van der Waals surface area contributed by atoms with E-state index in [2.05, 4.69) is 6.58 Å². The minimum atomic E-state index is -0.562. The predicted molar refractivity (Wildman–Crippen MR) is 32.5 cm³/mol. The lowest BCUT2D eigenvalue weighted by Crippen LogP contribution is -2.10. The Morgan fingerprint density at radius 1 is 1.62 bits per heavy atom. The number of aliphatic hydroxyl groups is 2. The van der Waals surface area contributed by atoms with Gasteiger partial charge in [0.05, 0.1) is 12.7 Å². The molecule has 0 aromatic carbocycles. The van der Waals surface area contributed by atoms with Gasteiger partial charge in [0.2, 0.25) is 0 Å². The molecule has 1 unspecified atom stereocenters. The Morgan fingerprint density at radius 2 is 2.25 bits per heavy atom. The van der Waals surface area contributed by atoms with Gasteiger partial charge in [0.25, 0.3) is 0 Å². The van der Waals surface area contributed by atoms with Crippen molar-refractivity contribution in [1.82, 2.24) is 0 Å². The lowest BCUT2D eigenvalue weighted by atomic mass is 10.2. The van der Waals surface area contributed by atoms with Crippen LogP contribution < -0.4 is 0 Å².